The fourth-order valence-corrected chi connectivity index (χ4v) is 2.71. The van der Waals surface area contributed by atoms with E-state index in [1.165, 1.54) is 12.1 Å². The first-order valence-electron chi connectivity index (χ1n) is 7.46. The molecule has 0 bridgehead atoms. The van der Waals surface area contributed by atoms with Gasteiger partial charge < -0.3 is 4.40 Å². The number of aromatic amines is 1. The first-order chi connectivity index (χ1) is 11.9. The van der Waals surface area contributed by atoms with Crippen LogP contribution in [-0.4, -0.2) is 24.8 Å². The standard InChI is InChI=1S/C17H12F3N5/c1-10-15(23-24-22-10)13-3-2-8-25-9-14(21-16(13)25)11-4-6-12(7-5-11)17(18,19)20/h2-9H,1H3,(H,22,23,24). The summed E-state index contributed by atoms with van der Waals surface area (Å²) in [6, 6.07) is 8.69. The number of imidazole rings is 1. The first kappa shape index (κ1) is 15.4. The fraction of sp³-hybridized carbons (Fsp3) is 0.118. The maximum atomic E-state index is 12.7. The lowest BCUT2D eigenvalue weighted by Crippen LogP contribution is -2.03. The summed E-state index contributed by atoms with van der Waals surface area (Å²) in [4.78, 5) is 4.57. The predicted octanol–water partition coefficient (Wildman–Crippen LogP) is 4.11. The van der Waals surface area contributed by atoms with E-state index >= 15 is 0 Å². The van der Waals surface area contributed by atoms with Gasteiger partial charge in [0.15, 0.2) is 0 Å². The molecule has 0 saturated carbocycles. The quantitative estimate of drug-likeness (QED) is 0.596. The Bertz CT molecular complexity index is 1040. The van der Waals surface area contributed by atoms with Crippen LogP contribution in [0.3, 0.4) is 0 Å². The Labute approximate surface area is 140 Å². The molecule has 25 heavy (non-hydrogen) atoms. The van der Waals surface area contributed by atoms with Crippen LogP contribution in [0.4, 0.5) is 13.2 Å². The van der Waals surface area contributed by atoms with Gasteiger partial charge in [-0.05, 0) is 31.2 Å². The van der Waals surface area contributed by atoms with E-state index in [1.54, 1.807) is 6.20 Å². The Balaban J connectivity index is 1.81. The summed E-state index contributed by atoms with van der Waals surface area (Å²) < 4.78 is 39.9. The van der Waals surface area contributed by atoms with Gasteiger partial charge in [0.25, 0.3) is 0 Å². The number of alkyl halides is 3. The lowest BCUT2D eigenvalue weighted by atomic mass is 10.1. The summed E-state index contributed by atoms with van der Waals surface area (Å²) >= 11 is 0. The molecule has 0 aliphatic rings. The molecule has 0 saturated heterocycles. The lowest BCUT2D eigenvalue weighted by Gasteiger charge is -2.06. The second-order valence-electron chi connectivity index (χ2n) is 5.61. The number of aromatic nitrogens is 5. The predicted molar refractivity (Wildman–Crippen MR) is 85.7 cm³/mol. The van der Waals surface area contributed by atoms with Gasteiger partial charge in [0, 0.05) is 23.5 Å². The number of fused-ring (bicyclic) bond motifs is 1. The number of H-pyrrole nitrogens is 1. The average molecular weight is 343 g/mol. The molecule has 1 aromatic carbocycles. The molecule has 0 fully saturated rings. The van der Waals surface area contributed by atoms with Gasteiger partial charge >= 0.3 is 6.18 Å². The molecule has 0 aliphatic heterocycles. The third-order valence-corrected chi connectivity index (χ3v) is 3.97. The van der Waals surface area contributed by atoms with Crippen molar-refractivity contribution in [2.45, 2.75) is 13.1 Å². The number of hydrogen-bond donors (Lipinski definition) is 1. The van der Waals surface area contributed by atoms with Crippen molar-refractivity contribution in [2.75, 3.05) is 0 Å². The minimum absolute atomic E-state index is 0.585. The zero-order chi connectivity index (χ0) is 17.6. The van der Waals surface area contributed by atoms with Crippen molar-refractivity contribution in [3.63, 3.8) is 0 Å². The van der Waals surface area contributed by atoms with Gasteiger partial charge in [-0.15, -0.1) is 0 Å². The van der Waals surface area contributed by atoms with E-state index in [-0.39, 0.29) is 0 Å². The summed E-state index contributed by atoms with van der Waals surface area (Å²) in [5.74, 6) is 0. The van der Waals surface area contributed by atoms with Crippen LogP contribution in [0.25, 0.3) is 28.2 Å². The van der Waals surface area contributed by atoms with E-state index in [4.69, 9.17) is 0 Å². The van der Waals surface area contributed by atoms with E-state index in [2.05, 4.69) is 20.4 Å². The largest absolute Gasteiger partial charge is 0.416 e. The van der Waals surface area contributed by atoms with E-state index in [9.17, 15) is 13.2 Å². The number of nitrogens with zero attached hydrogens (tertiary/aromatic N) is 4. The van der Waals surface area contributed by atoms with Gasteiger partial charge in [-0.25, -0.2) is 4.98 Å². The fourth-order valence-electron chi connectivity index (χ4n) is 2.71. The molecular weight excluding hydrogens is 331 g/mol. The number of hydrogen-bond acceptors (Lipinski definition) is 3. The van der Waals surface area contributed by atoms with Gasteiger partial charge in [0.05, 0.1) is 17.0 Å². The highest BCUT2D eigenvalue weighted by Crippen LogP contribution is 2.31. The monoisotopic (exact) mass is 343 g/mol. The van der Waals surface area contributed by atoms with Crippen LogP contribution in [0, 0.1) is 6.92 Å². The van der Waals surface area contributed by atoms with Crippen molar-refractivity contribution < 1.29 is 13.2 Å². The van der Waals surface area contributed by atoms with E-state index in [1.807, 2.05) is 29.7 Å². The zero-order valence-corrected chi connectivity index (χ0v) is 13.0. The van der Waals surface area contributed by atoms with Crippen LogP contribution >= 0.6 is 0 Å². The van der Waals surface area contributed by atoms with Crippen molar-refractivity contribution in [3.05, 3.63) is 60.0 Å². The number of halogens is 3. The molecule has 0 radical (unpaired) electrons. The summed E-state index contributed by atoms with van der Waals surface area (Å²) in [7, 11) is 0. The van der Waals surface area contributed by atoms with Crippen LogP contribution in [-0.2, 0) is 6.18 Å². The molecule has 4 aromatic rings. The summed E-state index contributed by atoms with van der Waals surface area (Å²) in [5, 5.41) is 10.7. The minimum Gasteiger partial charge on any atom is -0.306 e. The molecule has 126 valence electrons. The van der Waals surface area contributed by atoms with E-state index < -0.39 is 11.7 Å². The summed E-state index contributed by atoms with van der Waals surface area (Å²) in [6.07, 6.45) is -0.749. The van der Waals surface area contributed by atoms with Crippen LogP contribution in [0.1, 0.15) is 11.3 Å². The molecule has 0 atom stereocenters. The summed E-state index contributed by atoms with van der Waals surface area (Å²) in [6.45, 7) is 1.84. The number of benzene rings is 1. The number of pyridine rings is 1. The smallest absolute Gasteiger partial charge is 0.306 e. The highest BCUT2D eigenvalue weighted by atomic mass is 19.4. The molecule has 1 N–H and O–H groups in total. The van der Waals surface area contributed by atoms with Crippen molar-refractivity contribution in [2.24, 2.45) is 0 Å². The highest BCUT2D eigenvalue weighted by molar-refractivity contribution is 5.78. The molecule has 0 aliphatic carbocycles. The van der Waals surface area contributed by atoms with Crippen LogP contribution in [0.2, 0.25) is 0 Å². The van der Waals surface area contributed by atoms with E-state index in [0.29, 0.717) is 22.6 Å². The van der Waals surface area contributed by atoms with Gasteiger partial charge in [-0.3, -0.25) is 0 Å². The summed E-state index contributed by atoms with van der Waals surface area (Å²) in [5.41, 5.74) is 3.41. The Morgan fingerprint density at radius 2 is 1.80 bits per heavy atom. The molecular formula is C17H12F3N5. The third-order valence-electron chi connectivity index (χ3n) is 3.97. The Hall–Kier alpha value is -3.16. The Morgan fingerprint density at radius 3 is 2.44 bits per heavy atom. The number of aryl methyl sites for hydroxylation is 1. The molecule has 4 rings (SSSR count). The molecule has 0 spiro atoms. The molecule has 5 nitrogen and oxygen atoms in total. The second-order valence-corrected chi connectivity index (χ2v) is 5.61. The van der Waals surface area contributed by atoms with Crippen molar-refractivity contribution >= 4 is 5.65 Å². The van der Waals surface area contributed by atoms with Crippen molar-refractivity contribution in [1.82, 2.24) is 24.8 Å². The van der Waals surface area contributed by atoms with Crippen LogP contribution in [0.15, 0.2) is 48.8 Å². The normalized spacial score (nSPS) is 12.0. The maximum absolute atomic E-state index is 12.7. The lowest BCUT2D eigenvalue weighted by molar-refractivity contribution is -0.137. The number of rotatable bonds is 2. The van der Waals surface area contributed by atoms with Crippen molar-refractivity contribution in [3.8, 4) is 22.5 Å². The molecule has 8 heteroatoms. The SMILES string of the molecule is Cc1n[nH]nc1-c1cccn2cc(-c3ccc(C(F)(F)F)cc3)nc12. The number of nitrogens with one attached hydrogen (secondary N) is 1. The van der Waals surface area contributed by atoms with E-state index in [0.717, 1.165) is 23.4 Å². The second kappa shape index (κ2) is 5.44. The average Bonchev–Trinajstić information content (AvgIpc) is 3.20. The third kappa shape index (κ3) is 2.65. The molecule has 3 heterocycles. The van der Waals surface area contributed by atoms with Gasteiger partial charge in [-0.2, -0.15) is 28.6 Å². The zero-order valence-electron chi connectivity index (χ0n) is 13.0. The minimum atomic E-state index is -4.35. The first-order valence-corrected chi connectivity index (χ1v) is 7.46. The topological polar surface area (TPSA) is 58.9 Å². The van der Waals surface area contributed by atoms with Gasteiger partial charge in [0.1, 0.15) is 11.3 Å². The Morgan fingerprint density at radius 1 is 1.04 bits per heavy atom. The Kier molecular flexibility index (Phi) is 3.34. The highest BCUT2D eigenvalue weighted by Gasteiger charge is 2.30. The maximum Gasteiger partial charge on any atom is 0.416 e. The molecule has 0 unspecified atom stereocenters. The van der Waals surface area contributed by atoms with Crippen molar-refractivity contribution in [1.29, 1.82) is 0 Å². The van der Waals surface area contributed by atoms with Crippen LogP contribution < -0.4 is 0 Å². The molecule has 0 amide bonds. The van der Waals surface area contributed by atoms with Crippen LogP contribution in [0.5, 0.6) is 0 Å². The molecule has 3 aromatic heterocycles. The van der Waals surface area contributed by atoms with Gasteiger partial charge in [0.2, 0.25) is 0 Å². The van der Waals surface area contributed by atoms with Gasteiger partial charge in [-0.1, -0.05) is 12.1 Å².